The molecule has 0 saturated heterocycles. The zero-order valence-electron chi connectivity index (χ0n) is 9.48. The van der Waals surface area contributed by atoms with Crippen LogP contribution in [-0.2, 0) is 0 Å². The number of halogens is 1. The number of hydrogen-bond donors (Lipinski definition) is 4. The van der Waals surface area contributed by atoms with E-state index in [2.05, 4.69) is 10.3 Å². The molecule has 6 nitrogen and oxygen atoms in total. The van der Waals surface area contributed by atoms with E-state index in [4.69, 9.17) is 10.2 Å². The summed E-state index contributed by atoms with van der Waals surface area (Å²) in [5.41, 5.74) is -0.600. The molecule has 0 aliphatic rings. The van der Waals surface area contributed by atoms with Crippen LogP contribution in [0.15, 0.2) is 35.1 Å². The van der Waals surface area contributed by atoms with E-state index in [0.29, 0.717) is 0 Å². The highest BCUT2D eigenvalue weighted by atomic mass is 19.1. The number of benzene rings is 1. The molecule has 0 bridgehead atoms. The predicted molar refractivity (Wildman–Crippen MR) is 64.7 cm³/mol. The summed E-state index contributed by atoms with van der Waals surface area (Å²) in [6.07, 6.45) is 0. The first kappa shape index (κ1) is 12.6. The Labute approximate surface area is 106 Å². The molecule has 98 valence electrons. The maximum Gasteiger partial charge on any atom is 0.256 e. The second-order valence-corrected chi connectivity index (χ2v) is 3.74. The van der Waals surface area contributed by atoms with Gasteiger partial charge in [0.1, 0.15) is 0 Å². The molecule has 0 radical (unpaired) electrons. The number of phenolic OH excluding ortho intramolecular Hbond substituents is 1. The molecule has 1 aromatic carbocycles. The van der Waals surface area contributed by atoms with Crippen molar-refractivity contribution in [3.8, 4) is 11.6 Å². The molecular formula is C12H9FN2O4. The minimum absolute atomic E-state index is 0.0743. The van der Waals surface area contributed by atoms with Crippen LogP contribution in [0.1, 0.15) is 10.4 Å². The number of aromatic hydroxyl groups is 2. The summed E-state index contributed by atoms with van der Waals surface area (Å²) in [4.78, 5) is 24.9. The van der Waals surface area contributed by atoms with Gasteiger partial charge in [-0.25, -0.2) is 4.39 Å². The van der Waals surface area contributed by atoms with Gasteiger partial charge in [-0.15, -0.1) is 0 Å². The fourth-order valence-electron chi connectivity index (χ4n) is 1.45. The molecule has 1 amide bonds. The minimum Gasteiger partial charge on any atom is -0.505 e. The van der Waals surface area contributed by atoms with Gasteiger partial charge >= 0.3 is 0 Å². The van der Waals surface area contributed by atoms with Crippen LogP contribution in [0.2, 0.25) is 0 Å². The molecule has 0 spiro atoms. The highest BCUT2D eigenvalue weighted by Crippen LogP contribution is 2.20. The molecule has 0 aliphatic heterocycles. The Morgan fingerprint density at radius 1 is 1.21 bits per heavy atom. The third-order valence-electron chi connectivity index (χ3n) is 2.30. The molecular weight excluding hydrogens is 255 g/mol. The average Bonchev–Trinajstić information content (AvgIpc) is 2.32. The third kappa shape index (κ3) is 2.89. The van der Waals surface area contributed by atoms with Gasteiger partial charge in [0.15, 0.2) is 17.4 Å². The van der Waals surface area contributed by atoms with E-state index < -0.39 is 28.9 Å². The number of anilines is 1. The molecule has 0 fully saturated rings. The van der Waals surface area contributed by atoms with Gasteiger partial charge < -0.3 is 15.5 Å². The highest BCUT2D eigenvalue weighted by Gasteiger charge is 2.10. The molecule has 0 unspecified atom stereocenters. The smallest absolute Gasteiger partial charge is 0.256 e. The summed E-state index contributed by atoms with van der Waals surface area (Å²) in [7, 11) is 0. The number of amides is 1. The predicted octanol–water partition coefficient (Wildman–Crippen LogP) is 1.18. The number of aromatic nitrogens is 1. The van der Waals surface area contributed by atoms with Crippen molar-refractivity contribution in [3.63, 3.8) is 0 Å². The average molecular weight is 264 g/mol. The monoisotopic (exact) mass is 264 g/mol. The topological polar surface area (TPSA) is 102 Å². The number of pyridine rings is 1. The van der Waals surface area contributed by atoms with Crippen LogP contribution in [-0.4, -0.2) is 21.1 Å². The van der Waals surface area contributed by atoms with Crippen molar-refractivity contribution >= 4 is 11.6 Å². The molecule has 4 N–H and O–H groups in total. The number of nitrogens with one attached hydrogen (secondary N) is 2. The molecule has 1 aromatic heterocycles. The molecule has 0 aliphatic carbocycles. The van der Waals surface area contributed by atoms with E-state index in [0.717, 1.165) is 24.3 Å². The summed E-state index contributed by atoms with van der Waals surface area (Å²) in [5.74, 6) is -2.56. The van der Waals surface area contributed by atoms with Crippen LogP contribution in [0.3, 0.4) is 0 Å². The highest BCUT2D eigenvalue weighted by molar-refractivity contribution is 6.04. The lowest BCUT2D eigenvalue weighted by molar-refractivity contribution is 0.102. The van der Waals surface area contributed by atoms with Gasteiger partial charge in [-0.1, -0.05) is 0 Å². The zero-order chi connectivity index (χ0) is 14.0. The molecule has 0 atom stereocenters. The van der Waals surface area contributed by atoms with E-state index >= 15 is 0 Å². The first-order valence-corrected chi connectivity index (χ1v) is 5.19. The number of H-pyrrole nitrogens is 1. The van der Waals surface area contributed by atoms with Gasteiger partial charge in [0.2, 0.25) is 0 Å². The van der Waals surface area contributed by atoms with Crippen molar-refractivity contribution in [2.24, 2.45) is 0 Å². The van der Waals surface area contributed by atoms with E-state index in [1.807, 2.05) is 0 Å². The Hall–Kier alpha value is -2.83. The maximum atomic E-state index is 13.1. The molecule has 19 heavy (non-hydrogen) atoms. The summed E-state index contributed by atoms with van der Waals surface area (Å²) < 4.78 is 13.1. The van der Waals surface area contributed by atoms with E-state index in [-0.39, 0.29) is 11.3 Å². The molecule has 0 saturated carbocycles. The van der Waals surface area contributed by atoms with Crippen LogP contribution < -0.4 is 10.9 Å². The lowest BCUT2D eigenvalue weighted by Crippen LogP contribution is -2.15. The fraction of sp³-hybridized carbons (Fsp3) is 0. The quantitative estimate of drug-likeness (QED) is 0.611. The summed E-state index contributed by atoms with van der Waals surface area (Å²) >= 11 is 0. The van der Waals surface area contributed by atoms with Gasteiger partial charge in [-0.2, -0.15) is 0 Å². The normalized spacial score (nSPS) is 10.2. The largest absolute Gasteiger partial charge is 0.505 e. The van der Waals surface area contributed by atoms with Crippen molar-refractivity contribution < 1.29 is 19.4 Å². The number of rotatable bonds is 2. The van der Waals surface area contributed by atoms with Gasteiger partial charge in [0.05, 0.1) is 5.56 Å². The fourth-order valence-corrected chi connectivity index (χ4v) is 1.45. The number of aromatic amines is 1. The Morgan fingerprint density at radius 2 is 1.95 bits per heavy atom. The minimum atomic E-state index is -0.883. The van der Waals surface area contributed by atoms with Gasteiger partial charge in [-0.05, 0) is 12.1 Å². The standard InChI is InChI=1S/C12H9FN2O4/c13-8-5-7(1-2-9(8)16)14-12(19)6-3-10(17)15-11(18)4-6/h1-5,16H,(H,14,19)(H2,15,17,18). The Balaban J connectivity index is 2.25. The van der Waals surface area contributed by atoms with Gasteiger partial charge in [0, 0.05) is 23.9 Å². The number of phenols is 1. The first-order chi connectivity index (χ1) is 8.95. The number of carbonyl (C=O) groups excluding carboxylic acids is 1. The van der Waals surface area contributed by atoms with E-state index in [1.165, 1.54) is 6.07 Å². The number of hydrogen-bond acceptors (Lipinski definition) is 4. The summed E-state index contributed by atoms with van der Waals surface area (Å²) in [5, 5.41) is 20.5. The van der Waals surface area contributed by atoms with Gasteiger partial charge in [-0.3, -0.25) is 14.6 Å². The zero-order valence-corrected chi connectivity index (χ0v) is 9.48. The van der Waals surface area contributed by atoms with Gasteiger partial charge in [0.25, 0.3) is 11.5 Å². The van der Waals surface area contributed by atoms with Crippen LogP contribution in [0.5, 0.6) is 11.6 Å². The molecule has 1 heterocycles. The molecule has 7 heteroatoms. The SMILES string of the molecule is O=C(Nc1ccc(O)c(F)c1)c1cc(O)[nH]c(=O)c1. The van der Waals surface area contributed by atoms with Crippen LogP contribution in [0.25, 0.3) is 0 Å². The third-order valence-corrected chi connectivity index (χ3v) is 2.30. The van der Waals surface area contributed by atoms with Crippen LogP contribution in [0, 0.1) is 5.82 Å². The van der Waals surface area contributed by atoms with Crippen molar-refractivity contribution in [2.75, 3.05) is 5.32 Å². The van der Waals surface area contributed by atoms with Crippen LogP contribution >= 0.6 is 0 Å². The summed E-state index contributed by atoms with van der Waals surface area (Å²) in [6.45, 7) is 0. The second-order valence-electron chi connectivity index (χ2n) is 3.74. The number of carbonyl (C=O) groups is 1. The van der Waals surface area contributed by atoms with Crippen molar-refractivity contribution in [1.82, 2.24) is 4.98 Å². The Morgan fingerprint density at radius 3 is 2.58 bits per heavy atom. The lowest BCUT2D eigenvalue weighted by Gasteiger charge is -2.06. The van der Waals surface area contributed by atoms with E-state index in [1.54, 1.807) is 0 Å². The van der Waals surface area contributed by atoms with Crippen LogP contribution in [0.4, 0.5) is 10.1 Å². The molecule has 2 rings (SSSR count). The summed E-state index contributed by atoms with van der Waals surface area (Å²) in [6, 6.07) is 5.36. The van der Waals surface area contributed by atoms with E-state index in [9.17, 15) is 14.0 Å². The Kier molecular flexibility index (Phi) is 3.19. The Bertz CT molecular complexity index is 696. The lowest BCUT2D eigenvalue weighted by atomic mass is 10.2. The maximum absolute atomic E-state index is 13.1. The first-order valence-electron chi connectivity index (χ1n) is 5.19. The van der Waals surface area contributed by atoms with Crippen molar-refractivity contribution in [3.05, 3.63) is 52.1 Å². The molecule has 2 aromatic rings. The van der Waals surface area contributed by atoms with Crippen molar-refractivity contribution in [2.45, 2.75) is 0 Å². The van der Waals surface area contributed by atoms with Crippen molar-refractivity contribution in [1.29, 1.82) is 0 Å². The second kappa shape index (κ2) is 4.81.